The third kappa shape index (κ3) is 2.51. The lowest BCUT2D eigenvalue weighted by Crippen LogP contribution is -2.18. The summed E-state index contributed by atoms with van der Waals surface area (Å²) < 4.78 is 5.29. The molecule has 2 rings (SSSR count). The van der Waals surface area contributed by atoms with Gasteiger partial charge in [0, 0.05) is 5.92 Å². The van der Waals surface area contributed by atoms with Gasteiger partial charge in [-0.15, -0.1) is 0 Å². The van der Waals surface area contributed by atoms with Gasteiger partial charge in [0.15, 0.2) is 0 Å². The zero-order valence-corrected chi connectivity index (χ0v) is 10.8. The molecule has 0 bridgehead atoms. The molecule has 1 aliphatic carbocycles. The third-order valence-corrected chi connectivity index (χ3v) is 4.53. The smallest absolute Gasteiger partial charge is 0.306 e. The summed E-state index contributed by atoms with van der Waals surface area (Å²) in [5.41, 5.74) is 2.41. The first-order valence-electron chi connectivity index (χ1n) is 5.84. The summed E-state index contributed by atoms with van der Waals surface area (Å²) in [4.78, 5) is 11.2. The molecule has 1 aliphatic heterocycles. The number of hydrogen-bond acceptors (Lipinski definition) is 2. The Labute approximate surface area is 92.7 Å². The van der Waals surface area contributed by atoms with Crippen LogP contribution >= 0.6 is 0 Å². The predicted molar refractivity (Wildman–Crippen MR) is 63.2 cm³/mol. The van der Waals surface area contributed by atoms with E-state index < -0.39 is 8.07 Å². The van der Waals surface area contributed by atoms with Crippen LogP contribution in [0.5, 0.6) is 0 Å². The van der Waals surface area contributed by atoms with Gasteiger partial charge in [0.2, 0.25) is 0 Å². The van der Waals surface area contributed by atoms with Crippen molar-refractivity contribution < 1.29 is 9.53 Å². The first kappa shape index (κ1) is 10.9. The Morgan fingerprint density at radius 3 is 2.73 bits per heavy atom. The topological polar surface area (TPSA) is 26.3 Å². The van der Waals surface area contributed by atoms with Crippen LogP contribution in [-0.2, 0) is 9.53 Å². The lowest BCUT2D eigenvalue weighted by Gasteiger charge is -2.14. The van der Waals surface area contributed by atoms with E-state index in [1.54, 1.807) is 0 Å². The van der Waals surface area contributed by atoms with Crippen LogP contribution in [0.4, 0.5) is 0 Å². The fourth-order valence-corrected chi connectivity index (χ4v) is 3.37. The summed E-state index contributed by atoms with van der Waals surface area (Å²) in [6, 6.07) is 0. The fourth-order valence-electron chi connectivity index (χ4n) is 2.55. The van der Waals surface area contributed by atoms with Crippen LogP contribution in [0.3, 0.4) is 0 Å². The first-order valence-corrected chi connectivity index (χ1v) is 9.42. The maximum atomic E-state index is 11.2. The second-order valence-electron chi connectivity index (χ2n) is 5.86. The molecular formula is C12H20O2Si. The molecule has 1 heterocycles. The van der Waals surface area contributed by atoms with Crippen molar-refractivity contribution in [2.75, 3.05) is 0 Å². The SMILES string of the molecule is C[Si](C)(C)/C=C/[C@@H]1CC[C@@H]2OC(=O)C[C@H]12. The predicted octanol–water partition coefficient (Wildman–Crippen LogP) is 2.76. The van der Waals surface area contributed by atoms with E-state index in [2.05, 4.69) is 31.4 Å². The van der Waals surface area contributed by atoms with Crippen LogP contribution < -0.4 is 0 Å². The average Bonchev–Trinajstić information content (AvgIpc) is 2.58. The van der Waals surface area contributed by atoms with Gasteiger partial charge in [0.25, 0.3) is 0 Å². The van der Waals surface area contributed by atoms with Crippen molar-refractivity contribution in [3.8, 4) is 0 Å². The number of allylic oxidation sites excluding steroid dienone is 1. The van der Waals surface area contributed by atoms with Crippen LogP contribution in [0.2, 0.25) is 19.6 Å². The molecule has 0 aromatic rings. The summed E-state index contributed by atoms with van der Waals surface area (Å²) in [5.74, 6) is 1.08. The molecule has 0 N–H and O–H groups in total. The van der Waals surface area contributed by atoms with E-state index in [4.69, 9.17) is 4.74 Å². The molecule has 84 valence electrons. The minimum Gasteiger partial charge on any atom is -0.462 e. The van der Waals surface area contributed by atoms with Crippen molar-refractivity contribution in [3.05, 3.63) is 11.8 Å². The molecule has 0 aromatic heterocycles. The third-order valence-electron chi connectivity index (χ3n) is 3.34. The number of hydrogen-bond donors (Lipinski definition) is 0. The van der Waals surface area contributed by atoms with Crippen molar-refractivity contribution in [1.82, 2.24) is 0 Å². The molecule has 0 unspecified atom stereocenters. The molecule has 2 fully saturated rings. The van der Waals surface area contributed by atoms with Gasteiger partial charge >= 0.3 is 5.97 Å². The van der Waals surface area contributed by atoms with Gasteiger partial charge < -0.3 is 4.74 Å². The van der Waals surface area contributed by atoms with Crippen LogP contribution in [0, 0.1) is 11.8 Å². The quantitative estimate of drug-likeness (QED) is 0.532. The lowest BCUT2D eigenvalue weighted by atomic mass is 9.94. The van der Waals surface area contributed by atoms with Gasteiger partial charge in [-0.3, -0.25) is 4.79 Å². The summed E-state index contributed by atoms with van der Waals surface area (Å²) in [7, 11) is -1.09. The van der Waals surface area contributed by atoms with Gasteiger partial charge in [-0.2, -0.15) is 0 Å². The maximum absolute atomic E-state index is 11.2. The van der Waals surface area contributed by atoms with Crippen LogP contribution in [0.1, 0.15) is 19.3 Å². The fraction of sp³-hybridized carbons (Fsp3) is 0.750. The Balaban J connectivity index is 2.00. The Hall–Kier alpha value is -0.573. The number of carbonyl (C=O) groups excluding carboxylic acids is 1. The molecule has 1 saturated heterocycles. The van der Waals surface area contributed by atoms with Gasteiger partial charge in [-0.1, -0.05) is 31.4 Å². The van der Waals surface area contributed by atoms with E-state index in [0.717, 1.165) is 6.42 Å². The molecule has 0 amide bonds. The van der Waals surface area contributed by atoms with Crippen LogP contribution in [0.25, 0.3) is 0 Å². The van der Waals surface area contributed by atoms with Gasteiger partial charge in [-0.05, 0) is 18.8 Å². The van der Waals surface area contributed by atoms with E-state index in [1.165, 1.54) is 6.42 Å². The monoisotopic (exact) mass is 224 g/mol. The van der Waals surface area contributed by atoms with E-state index in [0.29, 0.717) is 18.3 Å². The molecule has 1 saturated carbocycles. The van der Waals surface area contributed by atoms with E-state index in [-0.39, 0.29) is 12.1 Å². The van der Waals surface area contributed by atoms with Crippen LogP contribution in [-0.4, -0.2) is 20.1 Å². The molecule has 0 spiro atoms. The number of carbonyl (C=O) groups is 1. The average molecular weight is 224 g/mol. The van der Waals surface area contributed by atoms with Crippen molar-refractivity contribution in [3.63, 3.8) is 0 Å². The highest BCUT2D eigenvalue weighted by molar-refractivity contribution is 6.80. The Morgan fingerprint density at radius 2 is 2.07 bits per heavy atom. The number of esters is 1. The molecule has 3 atom stereocenters. The van der Waals surface area contributed by atoms with E-state index >= 15 is 0 Å². The molecular weight excluding hydrogens is 204 g/mol. The van der Waals surface area contributed by atoms with E-state index in [1.807, 2.05) is 0 Å². The Morgan fingerprint density at radius 1 is 1.33 bits per heavy atom. The minimum atomic E-state index is -1.09. The number of ether oxygens (including phenoxy) is 1. The molecule has 2 aliphatic rings. The highest BCUT2D eigenvalue weighted by Crippen LogP contribution is 2.41. The van der Waals surface area contributed by atoms with Crippen molar-refractivity contribution in [2.45, 2.75) is 45.0 Å². The van der Waals surface area contributed by atoms with Gasteiger partial charge in [0.1, 0.15) is 6.10 Å². The Kier molecular flexibility index (Phi) is 2.75. The highest BCUT2D eigenvalue weighted by Gasteiger charge is 2.43. The minimum absolute atomic E-state index is 0.0103. The first-order chi connectivity index (χ1) is 6.96. The lowest BCUT2D eigenvalue weighted by molar-refractivity contribution is -0.141. The normalized spacial score (nSPS) is 35.9. The van der Waals surface area contributed by atoms with Crippen molar-refractivity contribution in [2.24, 2.45) is 11.8 Å². The summed E-state index contributed by atoms with van der Waals surface area (Å²) in [6.45, 7) is 7.02. The second-order valence-corrected chi connectivity index (χ2v) is 10.9. The van der Waals surface area contributed by atoms with Crippen LogP contribution in [0.15, 0.2) is 11.8 Å². The van der Waals surface area contributed by atoms with Crippen molar-refractivity contribution >= 4 is 14.0 Å². The highest BCUT2D eigenvalue weighted by atomic mass is 28.3. The maximum Gasteiger partial charge on any atom is 0.306 e. The molecule has 0 aromatic carbocycles. The zero-order chi connectivity index (χ0) is 11.1. The largest absolute Gasteiger partial charge is 0.462 e. The second kappa shape index (κ2) is 3.78. The zero-order valence-electron chi connectivity index (χ0n) is 9.82. The summed E-state index contributed by atoms with van der Waals surface area (Å²) >= 11 is 0. The number of fused-ring (bicyclic) bond motifs is 1. The molecule has 2 nitrogen and oxygen atoms in total. The molecule has 3 heteroatoms. The standard InChI is InChI=1S/C12H20O2Si/c1-15(2,3)7-6-9-4-5-11-10(9)8-12(13)14-11/h6-7,9-11H,4-5,8H2,1-3H3/b7-6+/t9-,10+,11-/m0/s1. The van der Waals surface area contributed by atoms with Gasteiger partial charge in [-0.25, -0.2) is 0 Å². The summed E-state index contributed by atoms with van der Waals surface area (Å²) in [6.07, 6.45) is 5.50. The Bertz CT molecular complexity index is 290. The molecule has 0 radical (unpaired) electrons. The molecule has 15 heavy (non-hydrogen) atoms. The summed E-state index contributed by atoms with van der Waals surface area (Å²) in [5, 5.41) is 0. The number of rotatable bonds is 2. The van der Waals surface area contributed by atoms with Gasteiger partial charge in [0.05, 0.1) is 14.5 Å². The van der Waals surface area contributed by atoms with Crippen molar-refractivity contribution in [1.29, 1.82) is 0 Å². The van der Waals surface area contributed by atoms with E-state index in [9.17, 15) is 4.79 Å².